The van der Waals surface area contributed by atoms with Crippen molar-refractivity contribution in [1.29, 1.82) is 0 Å². The molecule has 0 atom stereocenters. The van der Waals surface area contributed by atoms with Crippen molar-refractivity contribution in [2.45, 2.75) is 20.0 Å². The summed E-state index contributed by atoms with van der Waals surface area (Å²) in [6, 6.07) is 12.2. The monoisotopic (exact) mass is 326 g/mol. The van der Waals surface area contributed by atoms with Gasteiger partial charge in [0.2, 0.25) is 5.13 Å². The Morgan fingerprint density at radius 3 is 2.83 bits per heavy atom. The Hall–Kier alpha value is -2.60. The summed E-state index contributed by atoms with van der Waals surface area (Å²) in [5, 5.41) is 8.94. The third-order valence-corrected chi connectivity index (χ3v) is 3.93. The Bertz CT molecular complexity index is 841. The number of rotatable bonds is 5. The molecule has 0 radical (unpaired) electrons. The van der Waals surface area contributed by atoms with Gasteiger partial charge in [-0.15, -0.1) is 11.3 Å². The molecular weight excluding hydrogens is 308 g/mol. The zero-order valence-electron chi connectivity index (χ0n) is 13.0. The first-order valence-electron chi connectivity index (χ1n) is 7.32. The van der Waals surface area contributed by atoms with Crippen LogP contribution in [0.4, 0.5) is 10.9 Å². The molecule has 0 unspecified atom stereocenters. The maximum Gasteiger partial charge on any atom is 0.205 e. The van der Waals surface area contributed by atoms with Crippen LogP contribution in [0.3, 0.4) is 0 Å². The fraction of sp³-hybridized carbons (Fsp3) is 0.176. The maximum atomic E-state index is 5.91. The largest absolute Gasteiger partial charge is 0.490 e. The molecule has 0 aliphatic carbocycles. The van der Waals surface area contributed by atoms with Crippen LogP contribution in [-0.2, 0) is 0 Å². The zero-order chi connectivity index (χ0) is 16.2. The van der Waals surface area contributed by atoms with Crippen LogP contribution in [0, 0.1) is 0 Å². The van der Waals surface area contributed by atoms with Gasteiger partial charge in [-0.25, -0.2) is 4.98 Å². The van der Waals surface area contributed by atoms with Gasteiger partial charge < -0.3 is 10.5 Å². The summed E-state index contributed by atoms with van der Waals surface area (Å²) in [7, 11) is 0. The molecule has 0 saturated carbocycles. The zero-order valence-corrected chi connectivity index (χ0v) is 13.8. The van der Waals surface area contributed by atoms with E-state index in [1.807, 2.05) is 32.0 Å². The van der Waals surface area contributed by atoms with E-state index in [0.717, 1.165) is 22.1 Å². The van der Waals surface area contributed by atoms with Gasteiger partial charge in [-0.1, -0.05) is 30.3 Å². The number of hydrogen-bond acceptors (Lipinski definition) is 6. The van der Waals surface area contributed by atoms with E-state index in [1.54, 1.807) is 11.6 Å². The highest BCUT2D eigenvalue weighted by Gasteiger charge is 2.08. The van der Waals surface area contributed by atoms with Crippen LogP contribution >= 0.6 is 11.3 Å². The molecule has 1 heterocycles. The molecule has 0 fully saturated rings. The number of hydrazone groups is 1. The molecule has 3 aromatic rings. The van der Waals surface area contributed by atoms with Gasteiger partial charge in [-0.2, -0.15) is 5.10 Å². The van der Waals surface area contributed by atoms with Gasteiger partial charge in [0.05, 0.1) is 12.3 Å². The summed E-state index contributed by atoms with van der Waals surface area (Å²) < 4.78 is 5.91. The molecule has 5 nitrogen and oxygen atoms in total. The van der Waals surface area contributed by atoms with Gasteiger partial charge in [0, 0.05) is 10.9 Å². The van der Waals surface area contributed by atoms with Gasteiger partial charge in [0.25, 0.3) is 0 Å². The standard InChI is InChI=1S/C17H18N4OS/c1-11(2)22-15-8-7-12-5-3-4-6-13(12)14(15)9-19-21-17-20-16(18)10-23-17/h3-11H,18H2,1-2H3,(H,20,21). The molecule has 1 aromatic heterocycles. The first kappa shape index (κ1) is 15.3. The minimum atomic E-state index is 0.0926. The van der Waals surface area contributed by atoms with E-state index in [2.05, 4.69) is 33.7 Å². The van der Waals surface area contributed by atoms with Crippen molar-refractivity contribution in [2.24, 2.45) is 5.10 Å². The summed E-state index contributed by atoms with van der Waals surface area (Å²) in [5.41, 5.74) is 9.44. The molecule has 2 aromatic carbocycles. The summed E-state index contributed by atoms with van der Waals surface area (Å²) in [5.74, 6) is 1.30. The number of nitrogens with one attached hydrogen (secondary N) is 1. The summed E-state index contributed by atoms with van der Waals surface area (Å²) >= 11 is 1.41. The number of aromatic nitrogens is 1. The second kappa shape index (κ2) is 6.66. The van der Waals surface area contributed by atoms with Gasteiger partial charge in [-0.05, 0) is 30.7 Å². The number of nitrogens with zero attached hydrogens (tertiary/aromatic N) is 2. The molecule has 0 aliphatic heterocycles. The van der Waals surface area contributed by atoms with E-state index >= 15 is 0 Å². The van der Waals surface area contributed by atoms with Crippen LogP contribution in [0.1, 0.15) is 19.4 Å². The normalized spacial score (nSPS) is 11.4. The smallest absolute Gasteiger partial charge is 0.205 e. The van der Waals surface area contributed by atoms with Crippen LogP contribution in [0.25, 0.3) is 10.8 Å². The Morgan fingerprint density at radius 1 is 1.26 bits per heavy atom. The Kier molecular flexibility index (Phi) is 4.43. The predicted octanol–water partition coefficient (Wildman–Crippen LogP) is 4.11. The molecule has 0 bridgehead atoms. The Balaban J connectivity index is 1.95. The molecule has 6 heteroatoms. The number of fused-ring (bicyclic) bond motifs is 1. The van der Waals surface area contributed by atoms with Crippen LogP contribution in [0.2, 0.25) is 0 Å². The molecule has 0 saturated heterocycles. The van der Waals surface area contributed by atoms with Crippen molar-refractivity contribution in [3.8, 4) is 5.75 Å². The molecule has 23 heavy (non-hydrogen) atoms. The number of anilines is 2. The van der Waals surface area contributed by atoms with E-state index < -0.39 is 0 Å². The third-order valence-electron chi connectivity index (χ3n) is 3.17. The lowest BCUT2D eigenvalue weighted by molar-refractivity contribution is 0.242. The quantitative estimate of drug-likeness (QED) is 0.546. The first-order valence-corrected chi connectivity index (χ1v) is 8.20. The highest BCUT2D eigenvalue weighted by atomic mass is 32.1. The summed E-state index contributed by atoms with van der Waals surface area (Å²) in [6.45, 7) is 4.01. The van der Waals surface area contributed by atoms with Crippen LogP contribution in [0.15, 0.2) is 46.9 Å². The lowest BCUT2D eigenvalue weighted by Crippen LogP contribution is -2.08. The number of ether oxygens (including phenoxy) is 1. The third kappa shape index (κ3) is 3.60. The van der Waals surface area contributed by atoms with Crippen molar-refractivity contribution in [2.75, 3.05) is 11.2 Å². The topological polar surface area (TPSA) is 72.5 Å². The molecule has 0 spiro atoms. The fourth-order valence-corrected chi connectivity index (χ4v) is 2.80. The van der Waals surface area contributed by atoms with Gasteiger partial charge in [0.15, 0.2) is 0 Å². The van der Waals surface area contributed by atoms with E-state index in [9.17, 15) is 0 Å². The maximum absolute atomic E-state index is 5.91. The van der Waals surface area contributed by atoms with E-state index in [4.69, 9.17) is 10.5 Å². The van der Waals surface area contributed by atoms with E-state index in [-0.39, 0.29) is 6.10 Å². The minimum Gasteiger partial charge on any atom is -0.490 e. The molecule has 3 N–H and O–H groups in total. The summed E-state index contributed by atoms with van der Waals surface area (Å²) in [4.78, 5) is 4.12. The van der Waals surface area contributed by atoms with Crippen molar-refractivity contribution >= 4 is 39.3 Å². The highest BCUT2D eigenvalue weighted by Crippen LogP contribution is 2.27. The van der Waals surface area contributed by atoms with Crippen molar-refractivity contribution in [1.82, 2.24) is 4.98 Å². The molecule has 118 valence electrons. The lowest BCUT2D eigenvalue weighted by atomic mass is 10.0. The van der Waals surface area contributed by atoms with Crippen LogP contribution in [-0.4, -0.2) is 17.3 Å². The average Bonchev–Trinajstić information content (AvgIpc) is 2.94. The Morgan fingerprint density at radius 2 is 2.09 bits per heavy atom. The highest BCUT2D eigenvalue weighted by molar-refractivity contribution is 7.14. The predicted molar refractivity (Wildman–Crippen MR) is 97.5 cm³/mol. The van der Waals surface area contributed by atoms with Crippen LogP contribution < -0.4 is 15.9 Å². The van der Waals surface area contributed by atoms with Gasteiger partial charge in [0.1, 0.15) is 11.6 Å². The van der Waals surface area contributed by atoms with E-state index in [0.29, 0.717) is 10.9 Å². The van der Waals surface area contributed by atoms with E-state index in [1.165, 1.54) is 11.3 Å². The van der Waals surface area contributed by atoms with Gasteiger partial charge >= 0.3 is 0 Å². The van der Waals surface area contributed by atoms with Gasteiger partial charge in [-0.3, -0.25) is 5.43 Å². The number of hydrogen-bond donors (Lipinski definition) is 2. The number of thiazole rings is 1. The SMILES string of the molecule is CC(C)Oc1ccc2ccccc2c1C=NNc1nc(N)cs1. The average molecular weight is 326 g/mol. The molecule has 0 aliphatic rings. The number of nitrogen functional groups attached to an aromatic ring is 1. The lowest BCUT2D eigenvalue weighted by Gasteiger charge is -2.14. The van der Waals surface area contributed by atoms with Crippen molar-refractivity contribution in [3.63, 3.8) is 0 Å². The first-order chi connectivity index (χ1) is 11.1. The Labute approximate surface area is 138 Å². The number of nitrogens with two attached hydrogens (primary N) is 1. The molecular formula is C17H18N4OS. The van der Waals surface area contributed by atoms with Crippen molar-refractivity contribution < 1.29 is 4.74 Å². The second-order valence-electron chi connectivity index (χ2n) is 5.31. The summed E-state index contributed by atoms with van der Waals surface area (Å²) in [6.07, 6.45) is 1.85. The molecule has 3 rings (SSSR count). The second-order valence-corrected chi connectivity index (χ2v) is 6.17. The fourth-order valence-electron chi connectivity index (χ4n) is 2.26. The minimum absolute atomic E-state index is 0.0926. The van der Waals surface area contributed by atoms with Crippen LogP contribution in [0.5, 0.6) is 5.75 Å². The van der Waals surface area contributed by atoms with Crippen molar-refractivity contribution in [3.05, 3.63) is 47.3 Å². The number of benzene rings is 2. The molecule has 0 amide bonds.